The number of hydrogen-bond acceptors (Lipinski definition) is 7. The second-order valence-electron chi connectivity index (χ2n) is 11.7. The van der Waals surface area contributed by atoms with Gasteiger partial charge in [-0.2, -0.15) is 0 Å². The van der Waals surface area contributed by atoms with Crippen molar-refractivity contribution in [1.29, 1.82) is 0 Å². The van der Waals surface area contributed by atoms with Crippen molar-refractivity contribution in [3.8, 4) is 0 Å². The maximum absolute atomic E-state index is 12.7. The minimum atomic E-state index is -0.620. The highest BCUT2D eigenvalue weighted by molar-refractivity contribution is 5.70. The van der Waals surface area contributed by atoms with Crippen molar-refractivity contribution in [3.63, 3.8) is 0 Å². The molecule has 188 valence electrons. The Morgan fingerprint density at radius 1 is 0.781 bits per heavy atom. The normalized spacial score (nSPS) is 12.9. The maximum Gasteiger partial charge on any atom is 0.410 e. The van der Waals surface area contributed by atoms with Crippen molar-refractivity contribution in [2.45, 2.75) is 86.9 Å². The van der Waals surface area contributed by atoms with Crippen LogP contribution in [0.1, 0.15) is 75.7 Å². The van der Waals surface area contributed by atoms with Crippen LogP contribution in [-0.2, 0) is 28.5 Å². The molecule has 0 aliphatic heterocycles. The molecule has 0 bridgehead atoms. The minimum absolute atomic E-state index is 0.0125. The van der Waals surface area contributed by atoms with Crippen LogP contribution in [0.2, 0.25) is 0 Å². The lowest BCUT2D eigenvalue weighted by molar-refractivity contribution is -0.158. The maximum atomic E-state index is 12.7. The van der Waals surface area contributed by atoms with Gasteiger partial charge in [0, 0.05) is 18.5 Å². The van der Waals surface area contributed by atoms with Crippen LogP contribution in [0.4, 0.5) is 4.79 Å². The number of esters is 1. The first kappa shape index (κ1) is 30.3. The van der Waals surface area contributed by atoms with E-state index in [9.17, 15) is 14.4 Å². The van der Waals surface area contributed by atoms with E-state index in [1.54, 1.807) is 4.90 Å². The van der Waals surface area contributed by atoms with Gasteiger partial charge in [-0.1, -0.05) is 27.7 Å². The Hall–Kier alpha value is -1.67. The summed E-state index contributed by atoms with van der Waals surface area (Å²) >= 11 is 0. The fourth-order valence-corrected chi connectivity index (χ4v) is 2.85. The predicted molar refractivity (Wildman–Crippen MR) is 124 cm³/mol. The molecule has 0 aromatic heterocycles. The fraction of sp³-hybridized carbons (Fsp3) is 0.875. The fourth-order valence-electron chi connectivity index (χ4n) is 2.85. The van der Waals surface area contributed by atoms with Crippen molar-refractivity contribution < 1.29 is 33.3 Å². The lowest BCUT2D eigenvalue weighted by Crippen LogP contribution is -2.45. The van der Waals surface area contributed by atoms with Gasteiger partial charge < -0.3 is 28.6 Å². The number of hydrogen-bond donors (Lipinski definition) is 0. The zero-order chi connectivity index (χ0) is 25.2. The average Bonchev–Trinajstić information content (AvgIpc) is 2.53. The van der Waals surface area contributed by atoms with Gasteiger partial charge in [-0.15, -0.1) is 0 Å². The number of amides is 1. The van der Waals surface area contributed by atoms with Crippen LogP contribution in [0.3, 0.4) is 0 Å². The van der Waals surface area contributed by atoms with E-state index < -0.39 is 17.3 Å². The molecule has 0 aromatic rings. The third-order valence-corrected chi connectivity index (χ3v) is 3.99. The molecule has 0 fully saturated rings. The van der Waals surface area contributed by atoms with Crippen molar-refractivity contribution in [2.24, 2.45) is 10.8 Å². The van der Waals surface area contributed by atoms with Gasteiger partial charge in [-0.25, -0.2) is 4.79 Å². The molecule has 0 atom stereocenters. The summed E-state index contributed by atoms with van der Waals surface area (Å²) in [5.41, 5.74) is -1.89. The number of carbonyl (C=O) groups is 3. The SMILES string of the molecule is CC(C)(COCC(C)(C)CN(CCOCC=O)C(=O)OC(C)(C)C)CC(=O)OC(C)(C)C. The highest BCUT2D eigenvalue weighted by atomic mass is 16.6. The van der Waals surface area contributed by atoms with E-state index in [4.69, 9.17) is 18.9 Å². The molecule has 0 radical (unpaired) electrons. The van der Waals surface area contributed by atoms with Crippen molar-refractivity contribution in [3.05, 3.63) is 0 Å². The smallest absolute Gasteiger partial charge is 0.410 e. The van der Waals surface area contributed by atoms with Gasteiger partial charge in [0.25, 0.3) is 0 Å². The van der Waals surface area contributed by atoms with Crippen LogP contribution in [-0.4, -0.2) is 74.0 Å². The number of rotatable bonds is 13. The summed E-state index contributed by atoms with van der Waals surface area (Å²) in [6, 6.07) is 0. The molecule has 8 nitrogen and oxygen atoms in total. The summed E-state index contributed by atoms with van der Waals surface area (Å²) in [7, 11) is 0. The Kier molecular flexibility index (Phi) is 11.9. The molecular formula is C24H45NO7. The monoisotopic (exact) mass is 459 g/mol. The van der Waals surface area contributed by atoms with Gasteiger partial charge in [-0.3, -0.25) is 4.79 Å². The molecule has 0 spiro atoms. The molecule has 0 unspecified atom stereocenters. The molecule has 32 heavy (non-hydrogen) atoms. The van der Waals surface area contributed by atoms with E-state index in [1.165, 1.54) is 0 Å². The summed E-state index contributed by atoms with van der Waals surface area (Å²) in [4.78, 5) is 36.8. The van der Waals surface area contributed by atoms with E-state index in [-0.39, 0.29) is 36.4 Å². The van der Waals surface area contributed by atoms with E-state index in [0.717, 1.165) is 0 Å². The molecule has 0 N–H and O–H groups in total. The van der Waals surface area contributed by atoms with Crippen molar-refractivity contribution in [1.82, 2.24) is 4.90 Å². The first-order valence-corrected chi connectivity index (χ1v) is 11.1. The van der Waals surface area contributed by atoms with E-state index in [2.05, 4.69) is 0 Å². The van der Waals surface area contributed by atoms with Gasteiger partial charge in [0.1, 0.15) is 24.1 Å². The first-order valence-electron chi connectivity index (χ1n) is 11.1. The quantitative estimate of drug-likeness (QED) is 0.231. The summed E-state index contributed by atoms with van der Waals surface area (Å²) in [6.45, 7) is 20.6. The van der Waals surface area contributed by atoms with Crippen LogP contribution in [0.5, 0.6) is 0 Å². The lowest BCUT2D eigenvalue weighted by Gasteiger charge is -2.34. The molecule has 1 amide bonds. The number of nitrogens with zero attached hydrogens (tertiary/aromatic N) is 1. The van der Waals surface area contributed by atoms with Gasteiger partial charge in [0.2, 0.25) is 0 Å². The van der Waals surface area contributed by atoms with Crippen LogP contribution in [0, 0.1) is 10.8 Å². The van der Waals surface area contributed by atoms with Crippen molar-refractivity contribution >= 4 is 18.3 Å². The Morgan fingerprint density at radius 2 is 1.31 bits per heavy atom. The Labute approximate surface area is 194 Å². The summed E-state index contributed by atoms with van der Waals surface area (Å²) < 4.78 is 22.1. The molecule has 0 aliphatic carbocycles. The third kappa shape index (κ3) is 16.0. The largest absolute Gasteiger partial charge is 0.460 e. The summed E-state index contributed by atoms with van der Waals surface area (Å²) in [5.74, 6) is -0.253. The minimum Gasteiger partial charge on any atom is -0.460 e. The third-order valence-electron chi connectivity index (χ3n) is 3.99. The van der Waals surface area contributed by atoms with Crippen molar-refractivity contribution in [2.75, 3.05) is 39.5 Å². The molecule has 0 saturated heterocycles. The topological polar surface area (TPSA) is 91.4 Å². The molecule has 8 heteroatoms. The first-order chi connectivity index (χ1) is 14.4. The number of aldehydes is 1. The molecule has 0 aliphatic rings. The standard InChI is InChI=1S/C24H45NO7/c1-21(2,3)31-19(27)15-23(7,8)17-30-18-24(9,10)16-25(11-13-29-14-12-26)20(28)32-22(4,5)6/h12H,11,13-18H2,1-10H3. The highest BCUT2D eigenvalue weighted by Crippen LogP contribution is 2.26. The molecular weight excluding hydrogens is 414 g/mol. The zero-order valence-electron chi connectivity index (χ0n) is 21.8. The number of carbonyl (C=O) groups excluding carboxylic acids is 3. The second-order valence-corrected chi connectivity index (χ2v) is 11.7. The Bertz CT molecular complexity index is 600. The van der Waals surface area contributed by atoms with E-state index in [0.29, 0.717) is 32.6 Å². The van der Waals surface area contributed by atoms with Crippen LogP contribution in [0.25, 0.3) is 0 Å². The molecule has 0 saturated carbocycles. The van der Waals surface area contributed by atoms with Gasteiger partial charge in [0.05, 0.1) is 26.2 Å². The van der Waals surface area contributed by atoms with E-state index in [1.807, 2.05) is 69.2 Å². The van der Waals surface area contributed by atoms with Crippen LogP contribution >= 0.6 is 0 Å². The average molecular weight is 460 g/mol. The van der Waals surface area contributed by atoms with Gasteiger partial charge in [0.15, 0.2) is 0 Å². The van der Waals surface area contributed by atoms with Gasteiger partial charge >= 0.3 is 12.1 Å². The molecule has 0 rings (SSSR count). The molecule has 0 aromatic carbocycles. The second kappa shape index (κ2) is 12.5. The predicted octanol–water partition coefficient (Wildman–Crippen LogP) is 4.24. The lowest BCUT2D eigenvalue weighted by atomic mass is 9.90. The van der Waals surface area contributed by atoms with Crippen LogP contribution in [0.15, 0.2) is 0 Å². The van der Waals surface area contributed by atoms with Gasteiger partial charge in [-0.05, 0) is 47.0 Å². The molecule has 0 heterocycles. The summed E-state index contributed by atoms with van der Waals surface area (Å²) in [5, 5.41) is 0. The zero-order valence-corrected chi connectivity index (χ0v) is 21.8. The Morgan fingerprint density at radius 3 is 1.81 bits per heavy atom. The highest BCUT2D eigenvalue weighted by Gasteiger charge is 2.31. The Balaban J connectivity index is 4.86. The van der Waals surface area contributed by atoms with E-state index >= 15 is 0 Å². The number of ether oxygens (including phenoxy) is 4. The van der Waals surface area contributed by atoms with Crippen LogP contribution < -0.4 is 0 Å². The summed E-state index contributed by atoms with van der Waals surface area (Å²) in [6.07, 6.45) is 0.489.